The molecule has 1 fully saturated rings. The minimum Gasteiger partial charge on any atom is -0.342 e. The number of amides is 1. The van der Waals surface area contributed by atoms with E-state index in [-0.39, 0.29) is 24.4 Å². The molecule has 0 saturated carbocycles. The molecule has 4 heteroatoms. The van der Waals surface area contributed by atoms with Crippen LogP contribution in [0.1, 0.15) is 44.2 Å². The smallest absolute Gasteiger partial charge is 0.224 e. The number of hydrogen-bond acceptors (Lipinski definition) is 2. The Hall–Kier alpha value is -1.06. The maximum atomic E-state index is 12.3. The number of nitrogens with two attached hydrogens (primary N) is 1. The third-order valence-electron chi connectivity index (χ3n) is 4.07. The number of carbonyl (C=O) groups excluding carboxylic acids is 1. The van der Waals surface area contributed by atoms with Gasteiger partial charge in [0.15, 0.2) is 0 Å². The van der Waals surface area contributed by atoms with Crippen LogP contribution in [0.25, 0.3) is 0 Å². The molecule has 1 saturated heterocycles. The van der Waals surface area contributed by atoms with E-state index in [1.54, 1.807) is 0 Å². The molecule has 2 N–H and O–H groups in total. The Kier molecular flexibility index (Phi) is 7.03. The molecule has 0 aromatic heterocycles. The van der Waals surface area contributed by atoms with E-state index in [1.165, 1.54) is 6.42 Å². The lowest BCUT2D eigenvalue weighted by molar-refractivity contribution is -0.133. The van der Waals surface area contributed by atoms with Crippen LogP contribution in [-0.4, -0.2) is 23.9 Å². The first-order valence-corrected chi connectivity index (χ1v) is 7.29. The maximum Gasteiger partial charge on any atom is 0.224 e. The highest BCUT2D eigenvalue weighted by molar-refractivity contribution is 5.85. The first kappa shape index (κ1) is 17.0. The summed E-state index contributed by atoms with van der Waals surface area (Å²) in [6, 6.07) is 9.69. The molecule has 3 nitrogen and oxygen atoms in total. The van der Waals surface area contributed by atoms with Gasteiger partial charge in [-0.2, -0.15) is 0 Å². The predicted octanol–water partition coefficient (Wildman–Crippen LogP) is 3.15. The zero-order valence-corrected chi connectivity index (χ0v) is 12.9. The second-order valence-corrected chi connectivity index (χ2v) is 5.48. The Labute approximate surface area is 127 Å². The van der Waals surface area contributed by atoms with Crippen molar-refractivity contribution >= 4 is 18.3 Å². The number of piperidine rings is 1. The molecule has 0 spiro atoms. The highest BCUT2D eigenvalue weighted by Gasteiger charge is 2.23. The molecule has 2 unspecified atom stereocenters. The number of likely N-dealkylation sites (tertiary alicyclic amines) is 1. The Bertz CT molecular complexity index is 410. The third kappa shape index (κ3) is 4.50. The van der Waals surface area contributed by atoms with Gasteiger partial charge in [0.25, 0.3) is 0 Å². The largest absolute Gasteiger partial charge is 0.342 e. The van der Waals surface area contributed by atoms with Crippen molar-refractivity contribution in [2.45, 2.75) is 38.6 Å². The van der Waals surface area contributed by atoms with Gasteiger partial charge in [0.1, 0.15) is 0 Å². The molecule has 0 aliphatic carbocycles. The molecular formula is C16H25ClN2O. The fraction of sp³-hybridized carbons (Fsp3) is 0.562. The van der Waals surface area contributed by atoms with Gasteiger partial charge in [-0.15, -0.1) is 12.4 Å². The lowest BCUT2D eigenvalue weighted by Crippen LogP contribution is -2.40. The van der Waals surface area contributed by atoms with Crippen LogP contribution in [0.4, 0.5) is 0 Å². The quantitative estimate of drug-likeness (QED) is 0.928. The summed E-state index contributed by atoms with van der Waals surface area (Å²) in [5.74, 6) is 0.875. The Balaban J connectivity index is 0.00000200. The van der Waals surface area contributed by atoms with Crippen molar-refractivity contribution in [1.82, 2.24) is 4.90 Å². The molecule has 1 aromatic rings. The predicted molar refractivity (Wildman–Crippen MR) is 84.8 cm³/mol. The highest BCUT2D eigenvalue weighted by atomic mass is 35.5. The molecule has 1 amide bonds. The van der Waals surface area contributed by atoms with Gasteiger partial charge < -0.3 is 10.6 Å². The number of rotatable bonds is 4. The van der Waals surface area contributed by atoms with Crippen molar-refractivity contribution in [3.05, 3.63) is 35.9 Å². The summed E-state index contributed by atoms with van der Waals surface area (Å²) in [5, 5.41) is 0. The summed E-state index contributed by atoms with van der Waals surface area (Å²) in [5.41, 5.74) is 7.16. The molecule has 1 aliphatic rings. The van der Waals surface area contributed by atoms with Crippen molar-refractivity contribution in [1.29, 1.82) is 0 Å². The second kappa shape index (κ2) is 8.28. The van der Waals surface area contributed by atoms with Crippen molar-refractivity contribution in [3.8, 4) is 0 Å². The number of carbonyl (C=O) groups is 1. The molecule has 2 rings (SSSR count). The van der Waals surface area contributed by atoms with Crippen molar-refractivity contribution in [2.24, 2.45) is 11.7 Å². The third-order valence-corrected chi connectivity index (χ3v) is 4.07. The maximum absolute atomic E-state index is 12.3. The summed E-state index contributed by atoms with van der Waals surface area (Å²) < 4.78 is 0. The van der Waals surface area contributed by atoms with Crippen molar-refractivity contribution in [3.63, 3.8) is 0 Å². The van der Waals surface area contributed by atoms with Crippen LogP contribution in [0.3, 0.4) is 0 Å². The van der Waals surface area contributed by atoms with E-state index in [2.05, 4.69) is 6.92 Å². The molecule has 1 aromatic carbocycles. The summed E-state index contributed by atoms with van der Waals surface area (Å²) >= 11 is 0. The molecule has 0 bridgehead atoms. The molecular weight excluding hydrogens is 272 g/mol. The number of halogens is 1. The van der Waals surface area contributed by atoms with Gasteiger partial charge >= 0.3 is 0 Å². The van der Waals surface area contributed by atoms with E-state index in [4.69, 9.17) is 5.73 Å². The van der Waals surface area contributed by atoms with E-state index in [0.717, 1.165) is 31.5 Å². The Morgan fingerprint density at radius 2 is 2.10 bits per heavy atom. The van der Waals surface area contributed by atoms with Crippen LogP contribution in [0.2, 0.25) is 0 Å². The van der Waals surface area contributed by atoms with Crippen LogP contribution in [0.15, 0.2) is 30.3 Å². The summed E-state index contributed by atoms with van der Waals surface area (Å²) in [7, 11) is 0. The van der Waals surface area contributed by atoms with Gasteiger partial charge in [-0.25, -0.2) is 0 Å². The fourth-order valence-corrected chi connectivity index (χ4v) is 2.76. The van der Waals surface area contributed by atoms with E-state index in [1.807, 2.05) is 35.2 Å². The summed E-state index contributed by atoms with van der Waals surface area (Å²) in [4.78, 5) is 14.3. The first-order chi connectivity index (χ1) is 9.20. The van der Waals surface area contributed by atoms with Gasteiger partial charge in [0.05, 0.1) is 0 Å². The van der Waals surface area contributed by atoms with E-state index >= 15 is 0 Å². The monoisotopic (exact) mass is 296 g/mol. The lowest BCUT2D eigenvalue weighted by Gasteiger charge is -2.33. The van der Waals surface area contributed by atoms with Gasteiger partial charge in [-0.1, -0.05) is 43.7 Å². The van der Waals surface area contributed by atoms with Crippen LogP contribution in [0, 0.1) is 5.92 Å². The van der Waals surface area contributed by atoms with Gasteiger partial charge in [-0.05, 0) is 24.3 Å². The van der Waals surface area contributed by atoms with Gasteiger partial charge in [0.2, 0.25) is 5.91 Å². The first-order valence-electron chi connectivity index (χ1n) is 7.29. The highest BCUT2D eigenvalue weighted by Crippen LogP contribution is 2.21. The second-order valence-electron chi connectivity index (χ2n) is 5.48. The molecule has 1 aliphatic heterocycles. The normalized spacial score (nSPS) is 20.1. The Morgan fingerprint density at radius 1 is 1.40 bits per heavy atom. The minimum atomic E-state index is -0.185. The minimum absolute atomic E-state index is 0. The van der Waals surface area contributed by atoms with Gasteiger partial charge in [0, 0.05) is 25.6 Å². The number of benzene rings is 1. The zero-order chi connectivity index (χ0) is 13.7. The van der Waals surface area contributed by atoms with Gasteiger partial charge in [-0.3, -0.25) is 4.79 Å². The summed E-state index contributed by atoms with van der Waals surface area (Å²) in [6.07, 6.45) is 3.96. The fourth-order valence-electron chi connectivity index (χ4n) is 2.76. The number of nitrogens with zero attached hydrogens (tertiary/aromatic N) is 1. The van der Waals surface area contributed by atoms with Crippen LogP contribution in [-0.2, 0) is 4.79 Å². The molecule has 0 radical (unpaired) electrons. The lowest BCUT2D eigenvalue weighted by atomic mass is 9.95. The van der Waals surface area contributed by atoms with Crippen molar-refractivity contribution < 1.29 is 4.79 Å². The van der Waals surface area contributed by atoms with E-state index in [9.17, 15) is 4.79 Å². The average molecular weight is 297 g/mol. The van der Waals surface area contributed by atoms with Crippen LogP contribution < -0.4 is 5.73 Å². The summed E-state index contributed by atoms with van der Waals surface area (Å²) in [6.45, 7) is 4.02. The molecule has 2 atom stereocenters. The topological polar surface area (TPSA) is 46.3 Å². The molecule has 1 heterocycles. The van der Waals surface area contributed by atoms with Crippen LogP contribution >= 0.6 is 12.4 Å². The Morgan fingerprint density at radius 3 is 2.75 bits per heavy atom. The van der Waals surface area contributed by atoms with E-state index < -0.39 is 0 Å². The molecule has 112 valence electrons. The van der Waals surface area contributed by atoms with Crippen LogP contribution in [0.5, 0.6) is 0 Å². The van der Waals surface area contributed by atoms with Crippen molar-refractivity contribution in [2.75, 3.05) is 13.1 Å². The zero-order valence-electron chi connectivity index (χ0n) is 12.1. The average Bonchev–Trinajstić information content (AvgIpc) is 2.48. The number of hydrogen-bond donors (Lipinski definition) is 1. The standard InChI is InChI=1S/C16H24N2O.ClH/c1-2-13-7-6-10-18(12-13)16(19)11-15(17)14-8-4-3-5-9-14;/h3-5,8-9,13,15H,2,6-7,10-12,17H2,1H3;1H. The SMILES string of the molecule is CCC1CCCN(C(=O)CC(N)c2ccccc2)C1.Cl. The molecule has 20 heavy (non-hydrogen) atoms. The van der Waals surface area contributed by atoms with E-state index in [0.29, 0.717) is 12.3 Å².